The molecule has 0 unspecified atom stereocenters. The van der Waals surface area contributed by atoms with Gasteiger partial charge in [0.15, 0.2) is 0 Å². The lowest BCUT2D eigenvalue weighted by atomic mass is 9.16. The molecule has 2 aromatic rings. The highest BCUT2D eigenvalue weighted by atomic mass is 15.3. The highest BCUT2D eigenvalue weighted by Gasteiger charge is 2.22. The summed E-state index contributed by atoms with van der Waals surface area (Å²) in [5.74, 6) is 0. The highest BCUT2D eigenvalue weighted by Crippen LogP contribution is 2.18. The van der Waals surface area contributed by atoms with Crippen molar-refractivity contribution >= 4 is 61.1 Å². The Hall–Kier alpha value is -1.18. The smallest absolute Gasteiger partial charge is 0.113 e. The molecule has 0 aliphatic carbocycles. The molecule has 0 spiro atoms. The third-order valence-electron chi connectivity index (χ3n) is 4.48. The fourth-order valence-electron chi connectivity index (χ4n) is 2.89. The Morgan fingerprint density at radius 3 is 2.00 bits per heavy atom. The second-order valence-electron chi connectivity index (χ2n) is 5.74. The quantitative estimate of drug-likeness (QED) is 0.634. The van der Waals surface area contributed by atoms with E-state index in [4.69, 9.17) is 31.1 Å². The number of rotatable bonds is 3. The summed E-state index contributed by atoms with van der Waals surface area (Å²) in [7, 11) is 25.6. The average molecular weight is 276 g/mol. The van der Waals surface area contributed by atoms with Crippen LogP contribution < -0.4 is 16.4 Å². The van der Waals surface area contributed by atoms with Crippen LogP contribution in [0, 0.1) is 34.6 Å². The van der Waals surface area contributed by atoms with Gasteiger partial charge in [0.2, 0.25) is 0 Å². The van der Waals surface area contributed by atoms with E-state index in [0.717, 1.165) is 44.7 Å². The molecule has 9 radical (unpaired) electrons. The molecule has 8 heteroatoms. The topological polar surface area (TPSA) is 17.8 Å². The third-order valence-corrected chi connectivity index (χ3v) is 4.48. The highest BCUT2D eigenvalue weighted by molar-refractivity contribution is 7.35. The molecule has 22 heavy (non-hydrogen) atoms. The molecule has 0 N–H and O–H groups in total. The molecule has 0 aliphatic heterocycles. The van der Waals surface area contributed by atoms with Gasteiger partial charge in [-0.25, -0.2) is 4.68 Å². The summed E-state index contributed by atoms with van der Waals surface area (Å²) in [5.41, 5.74) is 7.99. The molecule has 1 aromatic carbocycles. The molecule has 0 bridgehead atoms. The van der Waals surface area contributed by atoms with E-state index < -0.39 is 6.49 Å². The minimum absolute atomic E-state index is 0.629. The molecule has 2 nitrogen and oxygen atoms in total. The second kappa shape index (κ2) is 6.14. The Morgan fingerprint density at radius 1 is 1.00 bits per heavy atom. The van der Waals surface area contributed by atoms with E-state index in [2.05, 4.69) is 5.10 Å². The summed E-state index contributed by atoms with van der Waals surface area (Å²) in [6.45, 7) is 9.28. The van der Waals surface area contributed by atoms with Gasteiger partial charge in [0.05, 0.1) is 25.0 Å². The van der Waals surface area contributed by atoms with Gasteiger partial charge >= 0.3 is 0 Å². The molecule has 1 aromatic heterocycles. The molecule has 0 aliphatic rings. The van der Waals surface area contributed by atoms with Gasteiger partial charge in [-0.05, 0) is 45.7 Å². The van der Waals surface area contributed by atoms with Crippen LogP contribution in [0.15, 0.2) is 0 Å². The van der Waals surface area contributed by atoms with E-state index in [-0.39, 0.29) is 0 Å². The lowest BCUT2D eigenvalue weighted by Gasteiger charge is -2.25. The maximum atomic E-state index is 6.26. The van der Waals surface area contributed by atoms with Crippen LogP contribution in [0.1, 0.15) is 28.1 Å². The largest absolute Gasteiger partial charge is 0.238 e. The van der Waals surface area contributed by atoms with Crippen molar-refractivity contribution in [3.63, 3.8) is 0 Å². The van der Waals surface area contributed by atoms with Crippen LogP contribution in [0.3, 0.4) is 0 Å². The van der Waals surface area contributed by atoms with Crippen molar-refractivity contribution in [1.29, 1.82) is 0 Å². The van der Waals surface area contributed by atoms with Crippen LogP contribution in [0.2, 0.25) is 0 Å². The van der Waals surface area contributed by atoms with Crippen molar-refractivity contribution in [2.75, 3.05) is 0 Å². The van der Waals surface area contributed by atoms with Crippen molar-refractivity contribution < 1.29 is 0 Å². The number of benzene rings is 1. The van der Waals surface area contributed by atoms with E-state index in [0.29, 0.717) is 5.46 Å². The normalized spacial score (nSPS) is 10.8. The fourth-order valence-corrected chi connectivity index (χ4v) is 2.89. The number of hydrogen-bond acceptors (Lipinski definition) is 1. The van der Waals surface area contributed by atoms with Crippen molar-refractivity contribution in [2.24, 2.45) is 0 Å². The van der Waals surface area contributed by atoms with Crippen LogP contribution in [0.25, 0.3) is 5.69 Å². The van der Waals surface area contributed by atoms with Crippen LogP contribution >= 0.6 is 0 Å². The molecule has 0 amide bonds. The number of nitrogens with zero attached hydrogens (tertiary/aromatic N) is 2. The summed E-state index contributed by atoms with van der Waals surface area (Å²) < 4.78 is 1.88. The second-order valence-corrected chi connectivity index (χ2v) is 5.74. The molecule has 0 atom stereocenters. The predicted octanol–water partition coefficient (Wildman–Crippen LogP) is -1.35. The van der Waals surface area contributed by atoms with Crippen LogP contribution in [-0.2, 0) is 0 Å². The number of hydrogen-bond donors (Lipinski definition) is 0. The van der Waals surface area contributed by atoms with Crippen molar-refractivity contribution in [3.8, 4) is 5.69 Å². The monoisotopic (exact) mass is 277 g/mol. The number of aromatic nitrogens is 2. The van der Waals surface area contributed by atoms with Gasteiger partial charge in [0, 0.05) is 28.9 Å². The Kier molecular flexibility index (Phi) is 4.79. The van der Waals surface area contributed by atoms with Crippen LogP contribution in [0.5, 0.6) is 0 Å². The first-order chi connectivity index (χ1) is 10.2. The van der Waals surface area contributed by atoms with Crippen molar-refractivity contribution in [2.45, 2.75) is 34.6 Å². The number of aryl methyl sites for hydroxylation is 1. The minimum Gasteiger partial charge on any atom is -0.238 e. The summed E-state index contributed by atoms with van der Waals surface area (Å²) in [6, 6.07) is 0. The third kappa shape index (κ3) is 2.51. The summed E-state index contributed by atoms with van der Waals surface area (Å²) >= 11 is 0. The standard InChI is InChI=1S/C14H15B6N2/c1-6-9(4)21-22(10(6)5)14-7(2)11(15)12(19-16)8(3)13(14)20(17)18/h1-5H3. The Balaban J connectivity index is 2.94. The molecule has 0 saturated carbocycles. The van der Waals surface area contributed by atoms with E-state index in [1.54, 1.807) is 0 Å². The first kappa shape index (κ1) is 17.2. The van der Waals surface area contributed by atoms with Gasteiger partial charge in [-0.15, -0.1) is 5.46 Å². The fraction of sp³-hybridized carbons (Fsp3) is 0.357. The Morgan fingerprint density at radius 2 is 1.59 bits per heavy atom. The van der Waals surface area contributed by atoms with Crippen LogP contribution in [0.4, 0.5) is 0 Å². The molecular formula is C14H15B6N2. The van der Waals surface area contributed by atoms with Gasteiger partial charge < -0.3 is 0 Å². The zero-order valence-electron chi connectivity index (χ0n) is 13.9. The molecule has 0 fully saturated rings. The van der Waals surface area contributed by atoms with E-state index >= 15 is 0 Å². The van der Waals surface area contributed by atoms with E-state index in [1.807, 2.05) is 39.3 Å². The Bertz CT molecular complexity index is 736. The van der Waals surface area contributed by atoms with Gasteiger partial charge in [-0.2, -0.15) is 5.10 Å². The van der Waals surface area contributed by atoms with Gasteiger partial charge in [-0.1, -0.05) is 16.5 Å². The molecule has 0 saturated heterocycles. The van der Waals surface area contributed by atoms with E-state index in [1.165, 1.54) is 7.17 Å². The van der Waals surface area contributed by atoms with Crippen molar-refractivity contribution in [1.82, 2.24) is 9.78 Å². The first-order valence-corrected chi connectivity index (χ1v) is 7.24. The maximum absolute atomic E-state index is 6.26. The van der Waals surface area contributed by atoms with Crippen molar-refractivity contribution in [3.05, 3.63) is 28.1 Å². The lowest BCUT2D eigenvalue weighted by Crippen LogP contribution is -2.48. The SMILES string of the molecule is [B][B]c1c([B])c(C)c(-n2nc(C)c(C)c2C)c(B([B])[B])c1C. The van der Waals surface area contributed by atoms with Gasteiger partial charge in [0.1, 0.15) is 7.85 Å². The molecular weight excluding hydrogens is 261 g/mol. The first-order valence-electron chi connectivity index (χ1n) is 7.24. The predicted molar refractivity (Wildman–Crippen MR) is 101 cm³/mol. The van der Waals surface area contributed by atoms with Crippen LogP contribution in [-0.4, -0.2) is 54.5 Å². The molecule has 2 rings (SSSR count). The van der Waals surface area contributed by atoms with Gasteiger partial charge in [-0.3, -0.25) is 0 Å². The minimum atomic E-state index is -0.641. The summed E-state index contributed by atoms with van der Waals surface area (Å²) in [5, 5.41) is 4.63. The summed E-state index contributed by atoms with van der Waals surface area (Å²) in [4.78, 5) is 0. The lowest BCUT2D eigenvalue weighted by molar-refractivity contribution is 0.832. The summed E-state index contributed by atoms with van der Waals surface area (Å²) in [6.07, 6.45) is 0. The van der Waals surface area contributed by atoms with Gasteiger partial charge in [0.25, 0.3) is 0 Å². The zero-order chi connectivity index (χ0) is 16.8. The Labute approximate surface area is 139 Å². The zero-order valence-corrected chi connectivity index (χ0v) is 13.9. The maximum Gasteiger partial charge on any atom is 0.113 e. The average Bonchev–Trinajstić information content (AvgIpc) is 2.70. The van der Waals surface area contributed by atoms with E-state index in [9.17, 15) is 0 Å². The molecule has 99 valence electrons. The molecule has 1 heterocycles.